The van der Waals surface area contributed by atoms with Crippen LogP contribution in [0.3, 0.4) is 0 Å². The molecule has 0 bridgehead atoms. The molecule has 2 aromatic carbocycles. The summed E-state index contributed by atoms with van der Waals surface area (Å²) in [6.07, 6.45) is 1.88. The average molecular weight is 301 g/mol. The fourth-order valence-electron chi connectivity index (χ4n) is 3.08. The number of aliphatic hydroxyl groups excluding tert-OH is 1. The van der Waals surface area contributed by atoms with E-state index in [2.05, 4.69) is 0 Å². The molecule has 1 heterocycles. The molecule has 2 aromatic rings. The van der Waals surface area contributed by atoms with Crippen LogP contribution < -0.4 is 10.6 Å². The summed E-state index contributed by atoms with van der Waals surface area (Å²) in [5, 5.41) is 11.3. The number of aliphatic hydroxyl groups is 1. The van der Waals surface area contributed by atoms with Crippen LogP contribution in [-0.2, 0) is 4.57 Å². The van der Waals surface area contributed by atoms with Crippen molar-refractivity contribution in [3.8, 4) is 0 Å². The van der Waals surface area contributed by atoms with Crippen molar-refractivity contribution in [3.63, 3.8) is 0 Å². The molecule has 0 saturated carbocycles. The van der Waals surface area contributed by atoms with E-state index in [1.165, 1.54) is 0 Å². The lowest BCUT2D eigenvalue weighted by Gasteiger charge is -2.33. The van der Waals surface area contributed by atoms with Crippen molar-refractivity contribution in [2.45, 2.75) is 18.9 Å². The molecule has 1 fully saturated rings. The summed E-state index contributed by atoms with van der Waals surface area (Å²) in [5.74, 6) is 0. The van der Waals surface area contributed by atoms with E-state index in [9.17, 15) is 9.67 Å². The molecule has 1 aliphatic rings. The molecule has 0 spiro atoms. The first-order chi connectivity index (χ1) is 10.3. The van der Waals surface area contributed by atoms with Crippen LogP contribution in [-0.4, -0.2) is 29.0 Å². The van der Waals surface area contributed by atoms with Gasteiger partial charge in [0, 0.05) is 23.2 Å². The maximum Gasteiger partial charge on any atom is 0.207 e. The van der Waals surface area contributed by atoms with E-state index in [1.807, 2.05) is 65.3 Å². The van der Waals surface area contributed by atoms with Gasteiger partial charge < -0.3 is 5.11 Å². The van der Waals surface area contributed by atoms with Crippen molar-refractivity contribution in [2.75, 3.05) is 13.2 Å². The Hall–Kier alpha value is -1.41. The molecule has 110 valence electrons. The van der Waals surface area contributed by atoms with Crippen molar-refractivity contribution in [3.05, 3.63) is 60.7 Å². The largest absolute Gasteiger partial charge is 0.395 e. The lowest BCUT2D eigenvalue weighted by molar-refractivity contribution is 0.214. The summed E-state index contributed by atoms with van der Waals surface area (Å²) in [6.45, 7) is 0.829. The molecular formula is C17H20NO2P. The summed E-state index contributed by atoms with van der Waals surface area (Å²) in [4.78, 5) is 0. The zero-order chi connectivity index (χ0) is 14.7. The maximum absolute atomic E-state index is 14.0. The molecule has 1 saturated heterocycles. The molecule has 0 aromatic heterocycles. The molecule has 21 heavy (non-hydrogen) atoms. The van der Waals surface area contributed by atoms with Gasteiger partial charge in [-0.05, 0) is 37.1 Å². The minimum absolute atomic E-state index is 0.0174. The Balaban J connectivity index is 2.14. The normalized spacial score (nSPS) is 19.8. The Morgan fingerprint density at radius 2 is 1.52 bits per heavy atom. The van der Waals surface area contributed by atoms with E-state index in [0.717, 1.165) is 30.0 Å². The van der Waals surface area contributed by atoms with Gasteiger partial charge in [0.1, 0.15) is 0 Å². The van der Waals surface area contributed by atoms with Crippen LogP contribution >= 0.6 is 7.29 Å². The molecule has 0 unspecified atom stereocenters. The molecule has 3 nitrogen and oxygen atoms in total. The smallest absolute Gasteiger partial charge is 0.207 e. The van der Waals surface area contributed by atoms with Gasteiger partial charge in [-0.3, -0.25) is 4.57 Å². The van der Waals surface area contributed by atoms with E-state index in [-0.39, 0.29) is 12.6 Å². The van der Waals surface area contributed by atoms with Crippen LogP contribution in [0.25, 0.3) is 0 Å². The maximum atomic E-state index is 14.0. The quantitative estimate of drug-likeness (QED) is 0.882. The van der Waals surface area contributed by atoms with Crippen molar-refractivity contribution in [1.29, 1.82) is 0 Å². The summed E-state index contributed by atoms with van der Waals surface area (Å²) >= 11 is 0. The summed E-state index contributed by atoms with van der Waals surface area (Å²) < 4.78 is 16.0. The highest BCUT2D eigenvalue weighted by Crippen LogP contribution is 2.51. The topological polar surface area (TPSA) is 40.5 Å². The minimum Gasteiger partial charge on any atom is -0.395 e. The van der Waals surface area contributed by atoms with Gasteiger partial charge in [0.25, 0.3) is 0 Å². The lowest BCUT2D eigenvalue weighted by atomic mass is 10.2. The SMILES string of the molecule is O=P(c1ccccc1)(c1ccccc1)N1CCC[C@H]1CO. The molecule has 3 rings (SSSR count). The number of hydrogen-bond acceptors (Lipinski definition) is 2. The van der Waals surface area contributed by atoms with Gasteiger partial charge in [0.15, 0.2) is 0 Å². The molecule has 0 radical (unpaired) electrons. The Morgan fingerprint density at radius 1 is 1.00 bits per heavy atom. The first-order valence-electron chi connectivity index (χ1n) is 7.36. The van der Waals surface area contributed by atoms with Gasteiger partial charge in [-0.25, -0.2) is 4.67 Å². The highest BCUT2D eigenvalue weighted by atomic mass is 31.2. The summed E-state index contributed by atoms with van der Waals surface area (Å²) in [5.41, 5.74) is 0. The third kappa shape index (κ3) is 2.57. The van der Waals surface area contributed by atoms with Gasteiger partial charge in [0.2, 0.25) is 7.29 Å². The molecule has 1 atom stereocenters. The molecule has 4 heteroatoms. The minimum atomic E-state index is -2.87. The van der Waals surface area contributed by atoms with Crippen molar-refractivity contribution in [2.24, 2.45) is 0 Å². The van der Waals surface area contributed by atoms with Crippen molar-refractivity contribution < 1.29 is 9.67 Å². The number of hydrogen-bond donors (Lipinski definition) is 1. The number of benzene rings is 2. The summed E-state index contributed by atoms with van der Waals surface area (Å²) in [7, 11) is -2.87. The molecular weight excluding hydrogens is 281 g/mol. The van der Waals surface area contributed by atoms with Gasteiger partial charge in [0.05, 0.1) is 6.61 Å². The summed E-state index contributed by atoms with van der Waals surface area (Å²) in [6, 6.07) is 19.3. The Bertz CT molecular complexity index is 586. The Kier molecular flexibility index (Phi) is 4.25. The standard InChI is InChI=1S/C17H20NO2P/c19-14-15-8-7-13-18(15)21(20,16-9-3-1-4-10-16)17-11-5-2-6-12-17/h1-6,9-12,15,19H,7-8,13-14H2/t15-/m0/s1. The van der Waals surface area contributed by atoms with Crippen LogP contribution in [0.1, 0.15) is 12.8 Å². The third-order valence-corrected chi connectivity index (χ3v) is 7.38. The fraction of sp³-hybridized carbons (Fsp3) is 0.294. The van der Waals surface area contributed by atoms with Gasteiger partial charge in [-0.1, -0.05) is 36.4 Å². The second kappa shape index (κ2) is 6.15. The fourth-order valence-corrected chi connectivity index (χ4v) is 6.20. The zero-order valence-corrected chi connectivity index (χ0v) is 12.8. The van der Waals surface area contributed by atoms with Crippen LogP contribution in [0.4, 0.5) is 0 Å². The number of rotatable bonds is 4. The van der Waals surface area contributed by atoms with E-state index < -0.39 is 7.29 Å². The predicted octanol–water partition coefficient (Wildman–Crippen LogP) is 2.37. The monoisotopic (exact) mass is 301 g/mol. The van der Waals surface area contributed by atoms with Gasteiger partial charge in [-0.2, -0.15) is 0 Å². The van der Waals surface area contributed by atoms with Crippen molar-refractivity contribution >= 4 is 17.9 Å². The molecule has 0 amide bonds. The third-order valence-electron chi connectivity index (χ3n) is 4.13. The lowest BCUT2D eigenvalue weighted by Crippen LogP contribution is -2.37. The molecule has 1 N–H and O–H groups in total. The molecule has 0 aliphatic carbocycles. The first-order valence-corrected chi connectivity index (χ1v) is 9.02. The second-order valence-electron chi connectivity index (χ2n) is 5.39. The number of nitrogens with zero attached hydrogens (tertiary/aromatic N) is 1. The van der Waals surface area contributed by atoms with Crippen LogP contribution in [0.2, 0.25) is 0 Å². The zero-order valence-electron chi connectivity index (χ0n) is 11.9. The van der Waals surface area contributed by atoms with Crippen LogP contribution in [0.15, 0.2) is 60.7 Å². The first kappa shape index (κ1) is 14.5. The highest BCUT2D eigenvalue weighted by molar-refractivity contribution is 7.76. The second-order valence-corrected chi connectivity index (χ2v) is 8.09. The van der Waals surface area contributed by atoms with Gasteiger partial charge in [-0.15, -0.1) is 0 Å². The van der Waals surface area contributed by atoms with E-state index in [1.54, 1.807) is 0 Å². The average Bonchev–Trinajstić information content (AvgIpc) is 3.05. The predicted molar refractivity (Wildman–Crippen MR) is 86.6 cm³/mol. The Labute approximate surface area is 125 Å². The van der Waals surface area contributed by atoms with E-state index in [4.69, 9.17) is 0 Å². The highest BCUT2D eigenvalue weighted by Gasteiger charge is 2.40. The van der Waals surface area contributed by atoms with Crippen LogP contribution in [0.5, 0.6) is 0 Å². The van der Waals surface area contributed by atoms with E-state index in [0.29, 0.717) is 0 Å². The van der Waals surface area contributed by atoms with E-state index >= 15 is 0 Å². The van der Waals surface area contributed by atoms with Crippen molar-refractivity contribution in [1.82, 2.24) is 4.67 Å². The van der Waals surface area contributed by atoms with Gasteiger partial charge >= 0.3 is 0 Å². The van der Waals surface area contributed by atoms with Crippen LogP contribution in [0, 0.1) is 0 Å². The Morgan fingerprint density at radius 3 is 2.00 bits per heavy atom. The molecule has 1 aliphatic heterocycles.